The number of amides is 1. The highest BCUT2D eigenvalue weighted by molar-refractivity contribution is 7.89. The summed E-state index contributed by atoms with van der Waals surface area (Å²) in [5.74, 6) is 0.295. The SMILES string of the molecule is CC1CC(CN)CN1C(=O)CCNS(=O)(=O)c1cccnc1.Cl.Cl. The maximum absolute atomic E-state index is 12.2. The van der Waals surface area contributed by atoms with Crippen LogP contribution in [-0.4, -0.2) is 49.9 Å². The molecule has 1 saturated heterocycles. The first kappa shape index (κ1) is 23.1. The van der Waals surface area contributed by atoms with Gasteiger partial charge in [0.2, 0.25) is 15.9 Å². The van der Waals surface area contributed by atoms with Crippen molar-refractivity contribution in [3.8, 4) is 0 Å². The number of rotatable bonds is 6. The Kier molecular flexibility index (Phi) is 9.76. The lowest BCUT2D eigenvalue weighted by molar-refractivity contribution is -0.131. The third-order valence-corrected chi connectivity index (χ3v) is 5.34. The van der Waals surface area contributed by atoms with Crippen LogP contribution in [0, 0.1) is 5.92 Å². The molecule has 10 heteroatoms. The molecule has 1 amide bonds. The number of carbonyl (C=O) groups excluding carboxylic acids is 1. The zero-order chi connectivity index (χ0) is 16.2. The van der Waals surface area contributed by atoms with E-state index in [2.05, 4.69) is 9.71 Å². The van der Waals surface area contributed by atoms with E-state index in [4.69, 9.17) is 5.73 Å². The van der Waals surface area contributed by atoms with E-state index in [0.29, 0.717) is 19.0 Å². The Morgan fingerprint density at radius 1 is 1.46 bits per heavy atom. The summed E-state index contributed by atoms with van der Waals surface area (Å²) in [6, 6.07) is 3.18. The zero-order valence-electron chi connectivity index (χ0n) is 13.4. The Labute approximate surface area is 155 Å². The summed E-state index contributed by atoms with van der Waals surface area (Å²) in [6.45, 7) is 3.30. The van der Waals surface area contributed by atoms with Gasteiger partial charge in [-0.3, -0.25) is 9.78 Å². The average Bonchev–Trinajstić information content (AvgIpc) is 2.89. The zero-order valence-corrected chi connectivity index (χ0v) is 15.9. The molecule has 0 aromatic carbocycles. The predicted octanol–water partition coefficient (Wildman–Crippen LogP) is 0.789. The highest BCUT2D eigenvalue weighted by atomic mass is 35.5. The van der Waals surface area contributed by atoms with E-state index in [9.17, 15) is 13.2 Å². The van der Waals surface area contributed by atoms with Gasteiger partial charge in [-0.1, -0.05) is 0 Å². The molecule has 138 valence electrons. The Hall–Kier alpha value is -0.930. The van der Waals surface area contributed by atoms with Crippen LogP contribution in [0.15, 0.2) is 29.4 Å². The molecular weight excluding hydrogens is 375 g/mol. The Morgan fingerprint density at radius 3 is 2.71 bits per heavy atom. The van der Waals surface area contributed by atoms with Crippen LogP contribution in [-0.2, 0) is 14.8 Å². The Morgan fingerprint density at radius 2 is 2.17 bits per heavy atom. The van der Waals surface area contributed by atoms with Crippen molar-refractivity contribution in [1.29, 1.82) is 0 Å². The standard InChI is InChI=1S/C14H22N4O3S.2ClH/c1-11-7-12(8-15)10-18(11)14(19)4-6-17-22(20,21)13-3-2-5-16-9-13;;/h2-3,5,9,11-12,17H,4,6-8,10,15H2,1H3;2*1H. The number of nitrogens with one attached hydrogen (secondary N) is 1. The first-order valence-corrected chi connectivity index (χ1v) is 8.81. The Bertz CT molecular complexity index is 616. The first-order valence-electron chi connectivity index (χ1n) is 7.33. The highest BCUT2D eigenvalue weighted by Gasteiger charge is 2.31. The third-order valence-electron chi connectivity index (χ3n) is 3.89. The number of sulfonamides is 1. The maximum Gasteiger partial charge on any atom is 0.242 e. The van der Waals surface area contributed by atoms with Gasteiger partial charge < -0.3 is 10.6 Å². The van der Waals surface area contributed by atoms with Crippen molar-refractivity contribution in [1.82, 2.24) is 14.6 Å². The lowest BCUT2D eigenvalue weighted by Gasteiger charge is -2.21. The minimum atomic E-state index is -3.61. The second kappa shape index (κ2) is 10.1. The summed E-state index contributed by atoms with van der Waals surface area (Å²) in [6.07, 6.45) is 3.83. The van der Waals surface area contributed by atoms with E-state index in [1.165, 1.54) is 18.5 Å². The van der Waals surface area contributed by atoms with Crippen molar-refractivity contribution in [2.24, 2.45) is 11.7 Å². The molecule has 1 aliphatic heterocycles. The van der Waals surface area contributed by atoms with Crippen molar-refractivity contribution in [3.63, 3.8) is 0 Å². The molecule has 1 fully saturated rings. The second-order valence-corrected chi connectivity index (χ2v) is 7.34. The number of nitrogens with two attached hydrogens (primary N) is 1. The number of hydrogen-bond donors (Lipinski definition) is 2. The van der Waals surface area contributed by atoms with Gasteiger partial charge >= 0.3 is 0 Å². The molecule has 0 bridgehead atoms. The smallest absolute Gasteiger partial charge is 0.242 e. The van der Waals surface area contributed by atoms with Crippen molar-refractivity contribution >= 4 is 40.7 Å². The number of nitrogens with zero attached hydrogens (tertiary/aromatic N) is 2. The number of halogens is 2. The molecule has 1 aromatic heterocycles. The monoisotopic (exact) mass is 398 g/mol. The van der Waals surface area contributed by atoms with Crippen molar-refractivity contribution in [2.45, 2.75) is 30.7 Å². The molecule has 1 aliphatic rings. The molecule has 2 unspecified atom stereocenters. The van der Waals surface area contributed by atoms with E-state index in [1.54, 1.807) is 11.0 Å². The van der Waals surface area contributed by atoms with Crippen LogP contribution in [0.4, 0.5) is 0 Å². The lowest BCUT2D eigenvalue weighted by Crippen LogP contribution is -2.37. The van der Waals surface area contributed by atoms with Crippen LogP contribution >= 0.6 is 24.8 Å². The van der Waals surface area contributed by atoms with Gasteiger partial charge in [-0.2, -0.15) is 0 Å². The molecule has 2 atom stereocenters. The second-order valence-electron chi connectivity index (χ2n) is 5.57. The minimum Gasteiger partial charge on any atom is -0.340 e. The van der Waals surface area contributed by atoms with Crippen LogP contribution in [0.5, 0.6) is 0 Å². The van der Waals surface area contributed by atoms with E-state index in [1.807, 2.05) is 6.92 Å². The van der Waals surface area contributed by atoms with E-state index in [0.717, 1.165) is 6.42 Å². The van der Waals surface area contributed by atoms with E-state index < -0.39 is 10.0 Å². The number of pyridine rings is 1. The number of aromatic nitrogens is 1. The largest absolute Gasteiger partial charge is 0.340 e. The van der Waals surface area contributed by atoms with Crippen LogP contribution < -0.4 is 10.5 Å². The maximum atomic E-state index is 12.2. The van der Waals surface area contributed by atoms with Crippen molar-refractivity contribution < 1.29 is 13.2 Å². The minimum absolute atomic E-state index is 0. The molecule has 1 aromatic rings. The van der Waals surface area contributed by atoms with Gasteiger partial charge in [0.25, 0.3) is 0 Å². The fourth-order valence-electron chi connectivity index (χ4n) is 2.69. The first-order chi connectivity index (χ1) is 10.4. The number of carbonyl (C=O) groups is 1. The molecule has 3 N–H and O–H groups in total. The molecule has 0 spiro atoms. The fourth-order valence-corrected chi connectivity index (χ4v) is 3.68. The highest BCUT2D eigenvalue weighted by Crippen LogP contribution is 2.22. The van der Waals surface area contributed by atoms with Crippen molar-refractivity contribution in [2.75, 3.05) is 19.6 Å². The number of likely N-dealkylation sites (tertiary alicyclic amines) is 1. The molecule has 0 saturated carbocycles. The van der Waals surface area contributed by atoms with E-state index in [-0.39, 0.29) is 54.6 Å². The van der Waals surface area contributed by atoms with Crippen LogP contribution in [0.3, 0.4) is 0 Å². The molecule has 7 nitrogen and oxygen atoms in total. The summed E-state index contributed by atoms with van der Waals surface area (Å²) >= 11 is 0. The van der Waals surface area contributed by atoms with Crippen LogP contribution in [0.25, 0.3) is 0 Å². The molecular formula is C14H24Cl2N4O3S. The number of hydrogen-bond acceptors (Lipinski definition) is 5. The average molecular weight is 399 g/mol. The normalized spacial score (nSPS) is 20.2. The summed E-state index contributed by atoms with van der Waals surface area (Å²) in [7, 11) is -3.61. The molecule has 2 rings (SSSR count). The van der Waals surface area contributed by atoms with Gasteiger partial charge in [0.15, 0.2) is 0 Å². The summed E-state index contributed by atoms with van der Waals surface area (Å²) in [4.78, 5) is 17.8. The lowest BCUT2D eigenvalue weighted by atomic mass is 10.1. The quantitative estimate of drug-likeness (QED) is 0.736. The fraction of sp³-hybridized carbons (Fsp3) is 0.571. The molecule has 0 aliphatic carbocycles. The summed E-state index contributed by atoms with van der Waals surface area (Å²) in [5.41, 5.74) is 5.64. The predicted molar refractivity (Wildman–Crippen MR) is 96.9 cm³/mol. The summed E-state index contributed by atoms with van der Waals surface area (Å²) in [5, 5.41) is 0. The van der Waals surface area contributed by atoms with Gasteiger partial charge in [0, 0.05) is 37.9 Å². The van der Waals surface area contributed by atoms with E-state index >= 15 is 0 Å². The Balaban J connectivity index is 0.00000264. The van der Waals surface area contributed by atoms with Crippen LogP contribution in [0.1, 0.15) is 19.8 Å². The van der Waals surface area contributed by atoms with Gasteiger partial charge in [0.05, 0.1) is 0 Å². The molecule has 2 heterocycles. The van der Waals surface area contributed by atoms with Gasteiger partial charge in [-0.05, 0) is 37.9 Å². The topological polar surface area (TPSA) is 105 Å². The molecule has 0 radical (unpaired) electrons. The third kappa shape index (κ3) is 5.86. The van der Waals surface area contributed by atoms with Crippen LogP contribution in [0.2, 0.25) is 0 Å². The summed E-state index contributed by atoms with van der Waals surface area (Å²) < 4.78 is 26.4. The van der Waals surface area contributed by atoms with Gasteiger partial charge in [0.1, 0.15) is 4.90 Å². The van der Waals surface area contributed by atoms with Crippen molar-refractivity contribution in [3.05, 3.63) is 24.5 Å². The molecule has 24 heavy (non-hydrogen) atoms. The van der Waals surface area contributed by atoms with Gasteiger partial charge in [-0.15, -0.1) is 24.8 Å². The van der Waals surface area contributed by atoms with Gasteiger partial charge in [-0.25, -0.2) is 13.1 Å².